The van der Waals surface area contributed by atoms with E-state index in [4.69, 9.17) is 5.73 Å². The summed E-state index contributed by atoms with van der Waals surface area (Å²) in [4.78, 5) is 21.7. The maximum Gasteiger partial charge on any atom is 0.225 e. The number of hydrogen-bond donors (Lipinski definition) is 2. The summed E-state index contributed by atoms with van der Waals surface area (Å²) in [5.74, 6) is 1.38. The molecule has 1 aromatic heterocycles. The molecule has 6 nitrogen and oxygen atoms in total. The summed E-state index contributed by atoms with van der Waals surface area (Å²) in [7, 11) is 0. The van der Waals surface area contributed by atoms with Crippen LogP contribution in [0.3, 0.4) is 0 Å². The quantitative estimate of drug-likeness (QED) is 0.815. The van der Waals surface area contributed by atoms with Gasteiger partial charge in [0.2, 0.25) is 11.9 Å². The van der Waals surface area contributed by atoms with Crippen LogP contribution >= 0.6 is 0 Å². The van der Waals surface area contributed by atoms with Crippen LogP contribution in [0.1, 0.15) is 25.3 Å². The van der Waals surface area contributed by atoms with Crippen LogP contribution < -0.4 is 16.0 Å². The zero-order valence-electron chi connectivity index (χ0n) is 11.3. The number of anilines is 1. The average molecular weight is 263 g/mol. The number of rotatable bonds is 4. The minimum absolute atomic E-state index is 0.0446. The van der Waals surface area contributed by atoms with E-state index in [1.54, 1.807) is 19.3 Å². The van der Waals surface area contributed by atoms with Crippen LogP contribution in [0.15, 0.2) is 12.4 Å². The van der Waals surface area contributed by atoms with Crippen LogP contribution in [0.25, 0.3) is 0 Å². The van der Waals surface area contributed by atoms with Crippen molar-refractivity contribution in [2.75, 3.05) is 24.5 Å². The number of aromatic nitrogens is 2. The van der Waals surface area contributed by atoms with Gasteiger partial charge in [-0.3, -0.25) is 4.79 Å². The third kappa shape index (κ3) is 3.89. The molecule has 0 aromatic carbocycles. The van der Waals surface area contributed by atoms with Gasteiger partial charge in [0.15, 0.2) is 0 Å². The molecule has 3 N–H and O–H groups in total. The number of carbonyl (C=O) groups is 1. The van der Waals surface area contributed by atoms with Gasteiger partial charge in [0.25, 0.3) is 0 Å². The first-order valence-electron chi connectivity index (χ1n) is 6.69. The molecule has 6 heteroatoms. The first kappa shape index (κ1) is 13.7. The Morgan fingerprint density at radius 1 is 1.42 bits per heavy atom. The normalized spacial score (nSPS) is 16.4. The molecule has 0 aliphatic carbocycles. The minimum atomic E-state index is 0.0446. The number of nitrogens with zero attached hydrogens (tertiary/aromatic N) is 3. The third-order valence-corrected chi connectivity index (χ3v) is 3.46. The highest BCUT2D eigenvalue weighted by Gasteiger charge is 2.20. The van der Waals surface area contributed by atoms with E-state index in [1.807, 2.05) is 0 Å². The Kier molecular flexibility index (Phi) is 4.68. The summed E-state index contributed by atoms with van der Waals surface area (Å²) in [6.45, 7) is 4.68. The average Bonchev–Trinajstić information content (AvgIpc) is 2.46. The van der Waals surface area contributed by atoms with Gasteiger partial charge >= 0.3 is 0 Å². The highest BCUT2D eigenvalue weighted by molar-refractivity contribution is 5.72. The molecule has 2 heterocycles. The smallest absolute Gasteiger partial charge is 0.225 e. The number of amides is 1. The lowest BCUT2D eigenvalue weighted by atomic mass is 9.97. The topological polar surface area (TPSA) is 84.1 Å². The Labute approximate surface area is 113 Å². The van der Waals surface area contributed by atoms with E-state index in [9.17, 15) is 4.79 Å². The van der Waals surface area contributed by atoms with E-state index in [0.717, 1.165) is 44.0 Å². The number of piperidine rings is 1. The second-order valence-electron chi connectivity index (χ2n) is 4.96. The van der Waals surface area contributed by atoms with Crippen molar-refractivity contribution in [3.63, 3.8) is 0 Å². The molecule has 2 rings (SSSR count). The Hall–Kier alpha value is -1.69. The second kappa shape index (κ2) is 6.47. The fraction of sp³-hybridized carbons (Fsp3) is 0.615. The van der Waals surface area contributed by atoms with Gasteiger partial charge in [-0.05, 0) is 18.8 Å². The van der Waals surface area contributed by atoms with Crippen molar-refractivity contribution in [3.05, 3.63) is 18.0 Å². The van der Waals surface area contributed by atoms with E-state index in [1.165, 1.54) is 0 Å². The summed E-state index contributed by atoms with van der Waals surface area (Å²) < 4.78 is 0. The van der Waals surface area contributed by atoms with E-state index >= 15 is 0 Å². The molecule has 19 heavy (non-hydrogen) atoms. The first-order chi connectivity index (χ1) is 9.19. The van der Waals surface area contributed by atoms with Crippen LogP contribution in [0.5, 0.6) is 0 Å². The van der Waals surface area contributed by atoms with Gasteiger partial charge in [0.1, 0.15) is 0 Å². The molecule has 0 bridgehead atoms. The summed E-state index contributed by atoms with van der Waals surface area (Å²) in [5, 5.41) is 2.88. The lowest BCUT2D eigenvalue weighted by Gasteiger charge is -2.31. The van der Waals surface area contributed by atoms with E-state index in [-0.39, 0.29) is 5.91 Å². The Morgan fingerprint density at radius 3 is 2.58 bits per heavy atom. The zero-order valence-corrected chi connectivity index (χ0v) is 11.3. The van der Waals surface area contributed by atoms with Crippen LogP contribution in [0, 0.1) is 5.92 Å². The number of nitrogens with two attached hydrogens (primary N) is 1. The Bertz CT molecular complexity index is 412. The molecule has 0 spiro atoms. The van der Waals surface area contributed by atoms with Crippen molar-refractivity contribution < 1.29 is 4.79 Å². The van der Waals surface area contributed by atoms with Crippen LogP contribution in [-0.2, 0) is 11.3 Å². The molecule has 104 valence electrons. The molecular weight excluding hydrogens is 242 g/mol. The van der Waals surface area contributed by atoms with E-state index in [2.05, 4.69) is 20.2 Å². The monoisotopic (exact) mass is 263 g/mol. The molecule has 1 fully saturated rings. The largest absolute Gasteiger partial charge is 0.356 e. The van der Waals surface area contributed by atoms with E-state index in [0.29, 0.717) is 12.5 Å². The second-order valence-corrected chi connectivity index (χ2v) is 4.96. The SMILES string of the molecule is CC(=O)NCC1CCN(c2ncc(CN)cn2)CC1. The van der Waals surface area contributed by atoms with Gasteiger partial charge in [-0.25, -0.2) is 9.97 Å². The van der Waals surface area contributed by atoms with Crippen molar-refractivity contribution in [1.29, 1.82) is 0 Å². The number of hydrogen-bond acceptors (Lipinski definition) is 5. The van der Waals surface area contributed by atoms with Gasteiger partial charge in [-0.1, -0.05) is 0 Å². The van der Waals surface area contributed by atoms with Crippen LogP contribution in [-0.4, -0.2) is 35.5 Å². The maximum atomic E-state index is 10.9. The predicted molar refractivity (Wildman–Crippen MR) is 73.5 cm³/mol. The summed E-state index contributed by atoms with van der Waals surface area (Å²) in [6.07, 6.45) is 5.68. The molecule has 0 saturated carbocycles. The Morgan fingerprint density at radius 2 is 2.05 bits per heavy atom. The molecule has 1 aromatic rings. The molecule has 0 atom stereocenters. The molecular formula is C13H21N5O. The molecule has 0 unspecified atom stereocenters. The summed E-state index contributed by atoms with van der Waals surface area (Å²) >= 11 is 0. The summed E-state index contributed by atoms with van der Waals surface area (Å²) in [6, 6.07) is 0. The third-order valence-electron chi connectivity index (χ3n) is 3.46. The van der Waals surface area contributed by atoms with Crippen molar-refractivity contribution in [2.24, 2.45) is 11.7 Å². The Balaban J connectivity index is 1.83. The van der Waals surface area contributed by atoms with Crippen LogP contribution in [0.2, 0.25) is 0 Å². The standard InChI is InChI=1S/C13H21N5O/c1-10(19)15-7-11-2-4-18(5-3-11)13-16-8-12(6-14)9-17-13/h8-9,11H,2-7,14H2,1H3,(H,15,19). The number of carbonyl (C=O) groups excluding carboxylic acids is 1. The zero-order chi connectivity index (χ0) is 13.7. The van der Waals surface area contributed by atoms with Gasteiger partial charge in [0, 0.05) is 51.1 Å². The lowest BCUT2D eigenvalue weighted by molar-refractivity contribution is -0.119. The van der Waals surface area contributed by atoms with E-state index < -0.39 is 0 Å². The predicted octanol–water partition coefficient (Wildman–Crippen LogP) is 0.288. The van der Waals surface area contributed by atoms with Gasteiger partial charge < -0.3 is 16.0 Å². The summed E-state index contributed by atoms with van der Waals surface area (Å²) in [5.41, 5.74) is 6.47. The molecule has 1 aliphatic heterocycles. The van der Waals surface area contributed by atoms with Crippen molar-refractivity contribution in [1.82, 2.24) is 15.3 Å². The van der Waals surface area contributed by atoms with Crippen LogP contribution in [0.4, 0.5) is 5.95 Å². The molecule has 0 radical (unpaired) electrons. The van der Waals surface area contributed by atoms with Crippen molar-refractivity contribution in [2.45, 2.75) is 26.3 Å². The van der Waals surface area contributed by atoms with Crippen molar-refractivity contribution >= 4 is 11.9 Å². The van der Waals surface area contributed by atoms with Gasteiger partial charge in [0.05, 0.1) is 0 Å². The molecule has 1 aliphatic rings. The maximum absolute atomic E-state index is 10.9. The first-order valence-corrected chi connectivity index (χ1v) is 6.69. The minimum Gasteiger partial charge on any atom is -0.356 e. The molecule has 1 saturated heterocycles. The fourth-order valence-electron chi connectivity index (χ4n) is 2.24. The van der Waals surface area contributed by atoms with Gasteiger partial charge in [-0.15, -0.1) is 0 Å². The highest BCUT2D eigenvalue weighted by Crippen LogP contribution is 2.19. The fourth-order valence-corrected chi connectivity index (χ4v) is 2.24. The van der Waals surface area contributed by atoms with Gasteiger partial charge in [-0.2, -0.15) is 0 Å². The molecule has 1 amide bonds. The van der Waals surface area contributed by atoms with Crippen molar-refractivity contribution in [3.8, 4) is 0 Å². The lowest BCUT2D eigenvalue weighted by Crippen LogP contribution is -2.39. The number of nitrogens with one attached hydrogen (secondary N) is 1. The highest BCUT2D eigenvalue weighted by atomic mass is 16.1.